The summed E-state index contributed by atoms with van der Waals surface area (Å²) in [6, 6.07) is 0. The van der Waals surface area contributed by atoms with Gasteiger partial charge in [-0.2, -0.15) is 0 Å². The monoisotopic (exact) mass is 181 g/mol. The van der Waals surface area contributed by atoms with Crippen LogP contribution in [0, 0.1) is 0 Å². The molecule has 0 amide bonds. The Morgan fingerprint density at radius 3 is 2.92 bits per heavy atom. The first-order chi connectivity index (χ1) is 6.22. The van der Waals surface area contributed by atoms with Gasteiger partial charge in [0, 0.05) is 0 Å². The lowest BCUT2D eigenvalue weighted by atomic mass is 10.00. The van der Waals surface area contributed by atoms with Crippen molar-refractivity contribution in [3.8, 4) is 0 Å². The lowest BCUT2D eigenvalue weighted by Crippen LogP contribution is -2.07. The van der Waals surface area contributed by atoms with E-state index in [2.05, 4.69) is 25.1 Å². The van der Waals surface area contributed by atoms with Crippen molar-refractivity contribution in [3.63, 3.8) is 0 Å². The van der Waals surface area contributed by atoms with Gasteiger partial charge >= 0.3 is 0 Å². The molecule has 0 aromatic carbocycles. The van der Waals surface area contributed by atoms with Gasteiger partial charge in [-0.15, -0.1) is 0 Å². The van der Waals surface area contributed by atoms with E-state index in [0.717, 1.165) is 18.6 Å². The lowest BCUT2D eigenvalue weighted by Gasteiger charge is -2.12. The highest BCUT2D eigenvalue weighted by Gasteiger charge is 2.06. The number of hydrogen-bond donors (Lipinski definition) is 0. The Morgan fingerprint density at radius 2 is 2.31 bits per heavy atom. The molecule has 1 rings (SSSR count). The molecule has 1 atom stereocenters. The Morgan fingerprint density at radius 1 is 1.54 bits per heavy atom. The second kappa shape index (κ2) is 5.05. The fourth-order valence-corrected chi connectivity index (χ4v) is 1.28. The number of oxime groups is 1. The van der Waals surface area contributed by atoms with Crippen molar-refractivity contribution in [2.75, 3.05) is 0 Å². The number of nitrogens with zero attached hydrogens (tertiary/aromatic N) is 1. The average molecular weight is 181 g/mol. The molecule has 0 radical (unpaired) electrons. The lowest BCUT2D eigenvalue weighted by molar-refractivity contribution is 0.0696. The van der Waals surface area contributed by atoms with Gasteiger partial charge in [0.25, 0.3) is 0 Å². The minimum absolute atomic E-state index is 0.239. The molecule has 0 saturated heterocycles. The number of allylic oxidation sites excluding steroid dienone is 2. The summed E-state index contributed by atoms with van der Waals surface area (Å²) in [5.74, 6) is 0. The maximum atomic E-state index is 5.32. The van der Waals surface area contributed by atoms with Gasteiger partial charge < -0.3 is 4.84 Å². The van der Waals surface area contributed by atoms with Gasteiger partial charge in [-0.1, -0.05) is 17.7 Å². The summed E-state index contributed by atoms with van der Waals surface area (Å²) in [5.41, 5.74) is 2.52. The first kappa shape index (κ1) is 10.3. The van der Waals surface area contributed by atoms with Crippen molar-refractivity contribution in [2.24, 2.45) is 5.16 Å². The van der Waals surface area contributed by atoms with E-state index >= 15 is 0 Å². The molecule has 1 unspecified atom stereocenters. The predicted octanol–water partition coefficient (Wildman–Crippen LogP) is 3.29. The molecule has 0 heterocycles. The highest BCUT2D eigenvalue weighted by molar-refractivity contribution is 5.95. The molecule has 0 spiro atoms. The normalized spacial score (nSPS) is 22.7. The molecular weight excluding hydrogens is 162 g/mol. The Bertz CT molecular complexity index is 218. The van der Waals surface area contributed by atoms with Crippen LogP contribution in [0.2, 0.25) is 0 Å². The van der Waals surface area contributed by atoms with Crippen LogP contribution in [0.25, 0.3) is 0 Å². The predicted molar refractivity (Wildman–Crippen MR) is 55.9 cm³/mol. The van der Waals surface area contributed by atoms with E-state index in [1.165, 1.54) is 18.4 Å². The third-order valence-corrected chi connectivity index (χ3v) is 2.34. The summed E-state index contributed by atoms with van der Waals surface area (Å²) in [6.07, 6.45) is 6.88. The molecule has 0 fully saturated rings. The molecular formula is C11H19NO. The summed E-state index contributed by atoms with van der Waals surface area (Å²) < 4.78 is 0. The molecule has 2 heteroatoms. The van der Waals surface area contributed by atoms with Gasteiger partial charge in [0.15, 0.2) is 0 Å². The van der Waals surface area contributed by atoms with Gasteiger partial charge in [0.05, 0.1) is 5.71 Å². The minimum Gasteiger partial charge on any atom is -0.393 e. The summed E-state index contributed by atoms with van der Waals surface area (Å²) in [7, 11) is 0. The fourth-order valence-electron chi connectivity index (χ4n) is 1.28. The molecule has 0 aromatic rings. The molecule has 0 aromatic heterocycles. The summed E-state index contributed by atoms with van der Waals surface area (Å²) in [5, 5.41) is 4.14. The number of rotatable bonds is 3. The quantitative estimate of drug-likeness (QED) is 0.612. The first-order valence-corrected chi connectivity index (χ1v) is 5.12. The van der Waals surface area contributed by atoms with Crippen LogP contribution in [-0.4, -0.2) is 11.8 Å². The van der Waals surface area contributed by atoms with Crippen molar-refractivity contribution in [1.82, 2.24) is 0 Å². The Kier molecular flexibility index (Phi) is 4.00. The van der Waals surface area contributed by atoms with Gasteiger partial charge in [0.2, 0.25) is 0 Å². The van der Waals surface area contributed by atoms with E-state index in [0.29, 0.717) is 0 Å². The van der Waals surface area contributed by atoms with Crippen molar-refractivity contribution in [1.29, 1.82) is 0 Å². The second-order valence-electron chi connectivity index (χ2n) is 3.75. The molecule has 1 aliphatic rings. The van der Waals surface area contributed by atoms with E-state index in [1.54, 1.807) is 0 Å². The first-order valence-electron chi connectivity index (χ1n) is 5.12. The standard InChI is InChI=1S/C11H19NO/c1-4-10(3)13-12-11-7-5-6-9(2)8-11/h8,10H,4-7H2,1-3H3/b12-11+. The summed E-state index contributed by atoms with van der Waals surface area (Å²) in [6.45, 7) is 6.30. The molecule has 13 heavy (non-hydrogen) atoms. The summed E-state index contributed by atoms with van der Waals surface area (Å²) >= 11 is 0. The summed E-state index contributed by atoms with van der Waals surface area (Å²) in [4.78, 5) is 5.32. The van der Waals surface area contributed by atoms with Crippen molar-refractivity contribution >= 4 is 5.71 Å². The fraction of sp³-hybridized carbons (Fsp3) is 0.727. The molecule has 2 nitrogen and oxygen atoms in total. The van der Waals surface area contributed by atoms with E-state index in [1.807, 2.05) is 6.92 Å². The van der Waals surface area contributed by atoms with E-state index < -0.39 is 0 Å². The van der Waals surface area contributed by atoms with Crippen LogP contribution in [-0.2, 0) is 4.84 Å². The Hall–Kier alpha value is -0.790. The average Bonchev–Trinajstić information content (AvgIpc) is 2.14. The molecule has 0 N–H and O–H groups in total. The zero-order chi connectivity index (χ0) is 9.68. The van der Waals surface area contributed by atoms with Crippen LogP contribution in [0.1, 0.15) is 46.5 Å². The van der Waals surface area contributed by atoms with Crippen LogP contribution in [0.4, 0.5) is 0 Å². The van der Waals surface area contributed by atoms with Gasteiger partial charge in [-0.05, 0) is 45.6 Å². The third kappa shape index (κ3) is 3.62. The molecule has 0 saturated carbocycles. The van der Waals surface area contributed by atoms with Crippen LogP contribution in [0.3, 0.4) is 0 Å². The minimum atomic E-state index is 0.239. The Labute approximate surface area is 80.7 Å². The largest absolute Gasteiger partial charge is 0.393 e. The van der Waals surface area contributed by atoms with E-state index in [4.69, 9.17) is 4.84 Å². The van der Waals surface area contributed by atoms with E-state index in [-0.39, 0.29) is 6.10 Å². The van der Waals surface area contributed by atoms with E-state index in [9.17, 15) is 0 Å². The smallest absolute Gasteiger partial charge is 0.124 e. The SMILES string of the molecule is CCC(C)O/N=C1/C=C(C)CCC1. The molecule has 74 valence electrons. The van der Waals surface area contributed by atoms with Crippen LogP contribution >= 0.6 is 0 Å². The highest BCUT2D eigenvalue weighted by atomic mass is 16.6. The van der Waals surface area contributed by atoms with Crippen LogP contribution in [0.15, 0.2) is 16.8 Å². The number of hydrogen-bond acceptors (Lipinski definition) is 2. The zero-order valence-corrected chi connectivity index (χ0v) is 8.84. The van der Waals surface area contributed by atoms with Crippen LogP contribution in [0.5, 0.6) is 0 Å². The van der Waals surface area contributed by atoms with Gasteiger partial charge in [-0.3, -0.25) is 0 Å². The molecule has 0 bridgehead atoms. The Balaban J connectivity index is 2.46. The zero-order valence-electron chi connectivity index (χ0n) is 8.84. The van der Waals surface area contributed by atoms with Crippen molar-refractivity contribution < 1.29 is 4.84 Å². The topological polar surface area (TPSA) is 21.6 Å². The maximum absolute atomic E-state index is 5.32. The maximum Gasteiger partial charge on any atom is 0.124 e. The highest BCUT2D eigenvalue weighted by Crippen LogP contribution is 2.15. The van der Waals surface area contributed by atoms with Crippen molar-refractivity contribution in [2.45, 2.75) is 52.6 Å². The van der Waals surface area contributed by atoms with Crippen molar-refractivity contribution in [3.05, 3.63) is 11.6 Å². The third-order valence-electron chi connectivity index (χ3n) is 2.34. The molecule has 1 aliphatic carbocycles. The van der Waals surface area contributed by atoms with Gasteiger partial charge in [-0.25, -0.2) is 0 Å². The van der Waals surface area contributed by atoms with Gasteiger partial charge in [0.1, 0.15) is 6.10 Å². The molecule has 0 aliphatic heterocycles. The second-order valence-corrected chi connectivity index (χ2v) is 3.75. The van der Waals surface area contributed by atoms with Crippen LogP contribution < -0.4 is 0 Å².